The molecule has 0 fully saturated rings. The molecule has 2 aromatic heterocycles. The Balaban J connectivity index is 1.45. The van der Waals surface area contributed by atoms with E-state index in [4.69, 9.17) is 4.74 Å². The average Bonchev–Trinajstić information content (AvgIpc) is 2.89. The van der Waals surface area contributed by atoms with Crippen LogP contribution in [0.5, 0.6) is 5.75 Å². The first-order chi connectivity index (χ1) is 17.1. The van der Waals surface area contributed by atoms with E-state index in [2.05, 4.69) is 20.7 Å². The van der Waals surface area contributed by atoms with Crippen LogP contribution in [0, 0.1) is 0 Å². The number of nitrogens with one attached hydrogen (secondary N) is 2. The monoisotopic (exact) mass is 469 g/mol. The second-order valence-electron chi connectivity index (χ2n) is 7.79. The van der Waals surface area contributed by atoms with Crippen LogP contribution in [0.2, 0.25) is 0 Å². The number of amides is 1. The highest BCUT2D eigenvalue weighted by Gasteiger charge is 2.14. The Kier molecular flexibility index (Phi) is 7.85. The quantitative estimate of drug-likeness (QED) is 0.367. The summed E-state index contributed by atoms with van der Waals surface area (Å²) in [7, 11) is 0. The van der Waals surface area contributed by atoms with Gasteiger partial charge in [-0.05, 0) is 48.9 Å². The van der Waals surface area contributed by atoms with E-state index in [9.17, 15) is 9.59 Å². The van der Waals surface area contributed by atoms with Crippen molar-refractivity contribution in [3.8, 4) is 5.75 Å². The molecule has 178 valence electrons. The molecule has 0 saturated carbocycles. The van der Waals surface area contributed by atoms with E-state index in [1.54, 1.807) is 36.7 Å². The third-order valence-corrected chi connectivity index (χ3v) is 5.29. The summed E-state index contributed by atoms with van der Waals surface area (Å²) in [6.07, 6.45) is 3.93. The van der Waals surface area contributed by atoms with Crippen molar-refractivity contribution in [3.63, 3.8) is 0 Å². The first kappa shape index (κ1) is 23.7. The highest BCUT2D eigenvalue weighted by atomic mass is 16.5. The summed E-state index contributed by atoms with van der Waals surface area (Å²) in [6.45, 7) is 3.08. The zero-order valence-corrected chi connectivity index (χ0v) is 19.5. The van der Waals surface area contributed by atoms with Gasteiger partial charge >= 0.3 is 0 Å². The van der Waals surface area contributed by atoms with Crippen molar-refractivity contribution in [1.29, 1.82) is 0 Å². The van der Waals surface area contributed by atoms with Gasteiger partial charge in [0.2, 0.25) is 0 Å². The van der Waals surface area contributed by atoms with Gasteiger partial charge in [-0.15, -0.1) is 0 Å². The van der Waals surface area contributed by atoms with Gasteiger partial charge in [0.05, 0.1) is 19.3 Å². The summed E-state index contributed by atoms with van der Waals surface area (Å²) in [6, 6.07) is 22.3. The molecular formula is C27H27N5O3. The maximum absolute atomic E-state index is 13.2. The topological polar surface area (TPSA) is 98.1 Å². The predicted octanol–water partition coefficient (Wildman–Crippen LogP) is 3.80. The Hall–Kier alpha value is -4.46. The fourth-order valence-electron chi connectivity index (χ4n) is 3.52. The molecule has 0 bridgehead atoms. The fourth-order valence-corrected chi connectivity index (χ4v) is 3.52. The molecule has 4 rings (SSSR count). The summed E-state index contributed by atoms with van der Waals surface area (Å²) in [4.78, 5) is 29.9. The zero-order chi connectivity index (χ0) is 24.5. The summed E-state index contributed by atoms with van der Waals surface area (Å²) in [5, 5.41) is 10.3. The fraction of sp³-hybridized carbons (Fsp3) is 0.185. The van der Waals surface area contributed by atoms with E-state index in [1.165, 1.54) is 4.68 Å². The second-order valence-corrected chi connectivity index (χ2v) is 7.79. The number of benzene rings is 2. The van der Waals surface area contributed by atoms with Crippen LogP contribution in [-0.4, -0.2) is 33.8 Å². The van der Waals surface area contributed by atoms with Gasteiger partial charge in [-0.2, -0.15) is 5.10 Å². The number of aromatic nitrogens is 3. The molecule has 2 heterocycles. The minimum absolute atomic E-state index is 0.170. The van der Waals surface area contributed by atoms with Crippen LogP contribution in [0.3, 0.4) is 0 Å². The predicted molar refractivity (Wildman–Crippen MR) is 135 cm³/mol. The zero-order valence-electron chi connectivity index (χ0n) is 19.5. The summed E-state index contributed by atoms with van der Waals surface area (Å²) in [5.41, 5.74) is 3.08. The Bertz CT molecular complexity index is 1310. The molecule has 0 spiro atoms. The Morgan fingerprint density at radius 3 is 2.49 bits per heavy atom. The summed E-state index contributed by atoms with van der Waals surface area (Å²) < 4.78 is 7.02. The number of carbonyl (C=O) groups is 1. The molecule has 0 aliphatic heterocycles. The Morgan fingerprint density at radius 2 is 1.77 bits per heavy atom. The molecule has 0 aliphatic carbocycles. The van der Waals surface area contributed by atoms with Crippen LogP contribution >= 0.6 is 0 Å². The van der Waals surface area contributed by atoms with Gasteiger partial charge in [-0.1, -0.05) is 36.4 Å². The molecule has 35 heavy (non-hydrogen) atoms. The van der Waals surface area contributed by atoms with Crippen LogP contribution in [0.1, 0.15) is 28.5 Å². The Morgan fingerprint density at radius 1 is 1.00 bits per heavy atom. The van der Waals surface area contributed by atoms with Crippen molar-refractivity contribution in [2.24, 2.45) is 0 Å². The van der Waals surface area contributed by atoms with E-state index >= 15 is 0 Å². The largest absolute Gasteiger partial charge is 0.490 e. The third kappa shape index (κ3) is 6.32. The van der Waals surface area contributed by atoms with Crippen LogP contribution in [-0.2, 0) is 13.0 Å². The molecule has 4 aromatic rings. The Labute approximate surface area is 203 Å². The summed E-state index contributed by atoms with van der Waals surface area (Å²) in [5.74, 6) is 0.203. The highest BCUT2D eigenvalue weighted by molar-refractivity contribution is 5.94. The van der Waals surface area contributed by atoms with Crippen molar-refractivity contribution in [1.82, 2.24) is 20.1 Å². The van der Waals surface area contributed by atoms with Gasteiger partial charge in [-0.25, -0.2) is 4.68 Å². The van der Waals surface area contributed by atoms with E-state index in [-0.39, 0.29) is 11.5 Å². The van der Waals surface area contributed by atoms with Gasteiger partial charge in [-0.3, -0.25) is 14.6 Å². The first-order valence-electron chi connectivity index (χ1n) is 11.5. The average molecular weight is 470 g/mol. The standard InChI is InChI=1S/C27H27N5O3/c1-2-35-24-18-30-32(19-20-8-4-3-5-9-20)27(34)25(24)31-23-13-11-21(12-14-23)26(33)29-17-15-22-10-6-7-16-28-22/h3-14,16,18,31H,2,15,17,19H2,1H3,(H,29,33). The molecule has 8 heteroatoms. The van der Waals surface area contributed by atoms with E-state index in [0.29, 0.717) is 48.8 Å². The van der Waals surface area contributed by atoms with Crippen LogP contribution in [0.15, 0.2) is 90.0 Å². The maximum Gasteiger partial charge on any atom is 0.294 e. The lowest BCUT2D eigenvalue weighted by atomic mass is 10.2. The number of nitrogens with zero attached hydrogens (tertiary/aromatic N) is 3. The number of hydrogen-bond donors (Lipinski definition) is 2. The molecule has 2 aromatic carbocycles. The maximum atomic E-state index is 13.2. The highest BCUT2D eigenvalue weighted by Crippen LogP contribution is 2.23. The SMILES string of the molecule is CCOc1cnn(Cc2ccccc2)c(=O)c1Nc1ccc(C(=O)NCCc2ccccn2)cc1. The van der Waals surface area contributed by atoms with E-state index in [0.717, 1.165) is 11.3 Å². The lowest BCUT2D eigenvalue weighted by Crippen LogP contribution is -2.26. The second kappa shape index (κ2) is 11.6. The van der Waals surface area contributed by atoms with Crippen molar-refractivity contribution in [3.05, 3.63) is 112 Å². The number of carbonyl (C=O) groups excluding carboxylic acids is 1. The van der Waals surface area contributed by atoms with Crippen LogP contribution < -0.4 is 20.9 Å². The molecule has 1 amide bonds. The number of rotatable bonds is 10. The molecule has 0 radical (unpaired) electrons. The van der Waals surface area contributed by atoms with Crippen LogP contribution in [0.25, 0.3) is 0 Å². The van der Waals surface area contributed by atoms with Gasteiger partial charge in [0.1, 0.15) is 0 Å². The van der Waals surface area contributed by atoms with Crippen molar-refractivity contribution >= 4 is 17.3 Å². The van der Waals surface area contributed by atoms with Crippen LogP contribution in [0.4, 0.5) is 11.4 Å². The molecular weight excluding hydrogens is 442 g/mol. The van der Waals surface area contributed by atoms with Gasteiger partial charge < -0.3 is 15.4 Å². The van der Waals surface area contributed by atoms with Crippen molar-refractivity contribution in [2.75, 3.05) is 18.5 Å². The first-order valence-corrected chi connectivity index (χ1v) is 11.5. The number of anilines is 2. The van der Waals surface area contributed by atoms with Crippen molar-refractivity contribution < 1.29 is 9.53 Å². The smallest absolute Gasteiger partial charge is 0.294 e. The summed E-state index contributed by atoms with van der Waals surface area (Å²) >= 11 is 0. The lowest BCUT2D eigenvalue weighted by molar-refractivity contribution is 0.0954. The van der Waals surface area contributed by atoms with Gasteiger partial charge in [0, 0.05) is 36.1 Å². The van der Waals surface area contributed by atoms with Gasteiger partial charge in [0.15, 0.2) is 11.4 Å². The lowest BCUT2D eigenvalue weighted by Gasteiger charge is -2.14. The number of pyridine rings is 1. The minimum atomic E-state index is -0.295. The molecule has 0 aliphatic rings. The normalized spacial score (nSPS) is 10.5. The molecule has 2 N–H and O–H groups in total. The van der Waals surface area contributed by atoms with Gasteiger partial charge in [0.25, 0.3) is 11.5 Å². The van der Waals surface area contributed by atoms with Crippen molar-refractivity contribution in [2.45, 2.75) is 19.9 Å². The third-order valence-electron chi connectivity index (χ3n) is 5.29. The molecule has 0 unspecified atom stereocenters. The van der Waals surface area contributed by atoms with E-state index < -0.39 is 0 Å². The van der Waals surface area contributed by atoms with E-state index in [1.807, 2.05) is 55.5 Å². The molecule has 8 nitrogen and oxygen atoms in total. The minimum Gasteiger partial charge on any atom is -0.490 e. The molecule has 0 atom stereocenters. The number of ether oxygens (including phenoxy) is 1. The molecule has 0 saturated heterocycles. The number of hydrogen-bond acceptors (Lipinski definition) is 6.